The van der Waals surface area contributed by atoms with Crippen molar-refractivity contribution in [2.75, 3.05) is 6.54 Å². The van der Waals surface area contributed by atoms with E-state index in [1.807, 2.05) is 6.08 Å². The van der Waals surface area contributed by atoms with Crippen molar-refractivity contribution in [3.8, 4) is 0 Å². The Balaban J connectivity index is 2.49. The van der Waals surface area contributed by atoms with E-state index in [-0.39, 0.29) is 0 Å². The summed E-state index contributed by atoms with van der Waals surface area (Å²) in [6.45, 7) is 4.46. The summed E-state index contributed by atoms with van der Waals surface area (Å²) in [5.74, 6) is 0. The van der Waals surface area contributed by atoms with E-state index < -0.39 is 0 Å². The predicted molar refractivity (Wildman–Crippen MR) is 28.2 cm³/mol. The number of rotatable bonds is 3. The largest absolute Gasteiger partial charge is 0.315 e. The Morgan fingerprint density at radius 3 is 2.50 bits per heavy atom. The van der Waals surface area contributed by atoms with Crippen LogP contribution in [0.25, 0.3) is 0 Å². The maximum Gasteiger partial charge on any atom is 0.00768 e. The van der Waals surface area contributed by atoms with Crippen LogP contribution in [0.5, 0.6) is 0 Å². The third-order valence-corrected chi connectivity index (χ3v) is 0.525. The quantitative estimate of drug-likeness (QED) is 0.396. The molecule has 6 heavy (non-hydrogen) atoms. The number of nitrogens with one attached hydrogen (secondary N) is 1. The first kappa shape index (κ1) is 5.70. The van der Waals surface area contributed by atoms with Gasteiger partial charge in [0.1, 0.15) is 0 Å². The first-order chi connectivity index (χ1) is 2.91. The highest BCUT2D eigenvalue weighted by atomic mass is 14.8. The van der Waals surface area contributed by atoms with Crippen LogP contribution in [0.4, 0.5) is 0 Å². The van der Waals surface area contributed by atoms with Gasteiger partial charge in [-0.2, -0.15) is 0 Å². The zero-order valence-electron chi connectivity index (χ0n) is 3.91. The second-order valence-electron chi connectivity index (χ2n) is 1.08. The first-order valence-electron chi connectivity index (χ1n) is 2.02. The van der Waals surface area contributed by atoms with Crippen LogP contribution >= 0.6 is 0 Å². The summed E-state index contributed by atoms with van der Waals surface area (Å²) < 4.78 is 0. The molecule has 0 aromatic carbocycles. The fraction of sp³-hybridized carbons (Fsp3) is 0.400. The molecular weight excluding hydrogens is 74.1 g/mol. The lowest BCUT2D eigenvalue weighted by Crippen LogP contribution is -2.02. The Hall–Kier alpha value is -0.300. The SMILES string of the molecule is [CH2]NCCC=C. The zero-order chi connectivity index (χ0) is 4.83. The minimum Gasteiger partial charge on any atom is -0.315 e. The highest BCUT2D eigenvalue weighted by Crippen LogP contribution is 1.70. The standard InChI is InChI=1S/C5H10N/c1-3-4-5-6-2/h3,6H,1-2,4-5H2. The van der Waals surface area contributed by atoms with E-state index in [2.05, 4.69) is 18.9 Å². The minimum atomic E-state index is 0.934. The molecule has 0 spiro atoms. The molecule has 35 valence electrons. The molecule has 0 saturated carbocycles. The second kappa shape index (κ2) is 4.70. The van der Waals surface area contributed by atoms with Gasteiger partial charge in [0, 0.05) is 7.05 Å². The van der Waals surface area contributed by atoms with Gasteiger partial charge >= 0.3 is 0 Å². The minimum absolute atomic E-state index is 0.934. The Morgan fingerprint density at radius 1 is 1.67 bits per heavy atom. The van der Waals surface area contributed by atoms with Gasteiger partial charge in [0.15, 0.2) is 0 Å². The maximum atomic E-state index is 3.53. The maximum absolute atomic E-state index is 3.53. The smallest absolute Gasteiger partial charge is 0.00768 e. The van der Waals surface area contributed by atoms with Crippen LogP contribution in [0.1, 0.15) is 6.42 Å². The summed E-state index contributed by atoms with van der Waals surface area (Å²) >= 11 is 0. The van der Waals surface area contributed by atoms with E-state index in [0.29, 0.717) is 0 Å². The van der Waals surface area contributed by atoms with Gasteiger partial charge in [-0.1, -0.05) is 6.08 Å². The molecule has 1 heteroatoms. The molecule has 0 bridgehead atoms. The number of hydrogen-bond donors (Lipinski definition) is 1. The highest BCUT2D eigenvalue weighted by Gasteiger charge is 1.68. The molecule has 0 unspecified atom stereocenters. The summed E-state index contributed by atoms with van der Waals surface area (Å²) in [6, 6.07) is 0. The van der Waals surface area contributed by atoms with E-state index in [9.17, 15) is 0 Å². The molecule has 1 radical (unpaired) electrons. The Morgan fingerprint density at radius 2 is 2.33 bits per heavy atom. The van der Waals surface area contributed by atoms with Crippen LogP contribution < -0.4 is 5.32 Å². The normalized spacial score (nSPS) is 8.17. The molecular formula is C5H10N. The van der Waals surface area contributed by atoms with E-state index in [1.54, 1.807) is 0 Å². The molecule has 0 aliphatic rings. The predicted octanol–water partition coefficient (Wildman–Crippen LogP) is 0.944. The van der Waals surface area contributed by atoms with Crippen molar-refractivity contribution in [3.05, 3.63) is 19.7 Å². The average Bonchev–Trinajstić information content (AvgIpc) is 1.61. The second-order valence-corrected chi connectivity index (χ2v) is 1.08. The summed E-state index contributed by atoms with van der Waals surface area (Å²) in [4.78, 5) is 0. The van der Waals surface area contributed by atoms with Crippen LogP contribution in [-0.2, 0) is 0 Å². The van der Waals surface area contributed by atoms with Crippen molar-refractivity contribution in [2.24, 2.45) is 0 Å². The average molecular weight is 84.1 g/mol. The van der Waals surface area contributed by atoms with Crippen LogP contribution in [0.15, 0.2) is 12.7 Å². The van der Waals surface area contributed by atoms with Gasteiger partial charge < -0.3 is 5.32 Å². The molecule has 1 nitrogen and oxygen atoms in total. The lowest BCUT2D eigenvalue weighted by molar-refractivity contribution is 0.850. The van der Waals surface area contributed by atoms with Crippen molar-refractivity contribution in [1.29, 1.82) is 0 Å². The van der Waals surface area contributed by atoms with Gasteiger partial charge in [0.2, 0.25) is 0 Å². The summed E-state index contributed by atoms with van der Waals surface area (Å²) in [5, 5.41) is 2.75. The molecule has 0 fully saturated rings. The third-order valence-electron chi connectivity index (χ3n) is 0.525. The van der Waals surface area contributed by atoms with Gasteiger partial charge in [-0.15, -0.1) is 6.58 Å². The molecule has 0 saturated heterocycles. The lowest BCUT2D eigenvalue weighted by Gasteiger charge is -1.86. The van der Waals surface area contributed by atoms with Crippen LogP contribution in [0.3, 0.4) is 0 Å². The van der Waals surface area contributed by atoms with Crippen molar-refractivity contribution in [2.45, 2.75) is 6.42 Å². The topological polar surface area (TPSA) is 12.0 Å². The van der Waals surface area contributed by atoms with Crippen molar-refractivity contribution < 1.29 is 0 Å². The molecule has 0 aliphatic carbocycles. The lowest BCUT2D eigenvalue weighted by atomic mass is 10.4. The van der Waals surface area contributed by atoms with Crippen LogP contribution in [0.2, 0.25) is 0 Å². The third kappa shape index (κ3) is 3.70. The van der Waals surface area contributed by atoms with E-state index in [4.69, 9.17) is 0 Å². The molecule has 0 heterocycles. The molecule has 0 aliphatic heterocycles. The highest BCUT2D eigenvalue weighted by molar-refractivity contribution is 4.66. The Kier molecular flexibility index (Phi) is 4.46. The van der Waals surface area contributed by atoms with Crippen molar-refractivity contribution in [3.63, 3.8) is 0 Å². The molecule has 0 aromatic rings. The molecule has 1 N–H and O–H groups in total. The van der Waals surface area contributed by atoms with Gasteiger partial charge in [-0.3, -0.25) is 0 Å². The summed E-state index contributed by atoms with van der Waals surface area (Å²) in [5.41, 5.74) is 0. The van der Waals surface area contributed by atoms with Gasteiger partial charge in [0.05, 0.1) is 0 Å². The van der Waals surface area contributed by atoms with E-state index in [0.717, 1.165) is 13.0 Å². The van der Waals surface area contributed by atoms with Gasteiger partial charge in [-0.25, -0.2) is 0 Å². The van der Waals surface area contributed by atoms with E-state index in [1.165, 1.54) is 0 Å². The molecule has 0 atom stereocenters. The van der Waals surface area contributed by atoms with Gasteiger partial charge in [-0.05, 0) is 13.0 Å². The monoisotopic (exact) mass is 84.1 g/mol. The first-order valence-corrected chi connectivity index (χ1v) is 2.02. The van der Waals surface area contributed by atoms with Crippen LogP contribution in [-0.4, -0.2) is 6.54 Å². The summed E-state index contributed by atoms with van der Waals surface area (Å²) in [7, 11) is 3.43. The van der Waals surface area contributed by atoms with Crippen molar-refractivity contribution >= 4 is 0 Å². The van der Waals surface area contributed by atoms with E-state index >= 15 is 0 Å². The van der Waals surface area contributed by atoms with Crippen LogP contribution in [0, 0.1) is 7.05 Å². The number of hydrogen-bond acceptors (Lipinski definition) is 1. The Labute approximate surface area is 39.1 Å². The van der Waals surface area contributed by atoms with Gasteiger partial charge in [0.25, 0.3) is 0 Å². The molecule has 0 amide bonds. The summed E-state index contributed by atoms with van der Waals surface area (Å²) in [6.07, 6.45) is 2.86. The Bertz CT molecular complexity index is 32.9. The molecule has 0 aromatic heterocycles. The fourth-order valence-corrected chi connectivity index (χ4v) is 0.204. The zero-order valence-corrected chi connectivity index (χ0v) is 3.91. The van der Waals surface area contributed by atoms with Crippen molar-refractivity contribution in [1.82, 2.24) is 5.32 Å². The molecule has 0 rings (SSSR count). The fourth-order valence-electron chi connectivity index (χ4n) is 0.204.